The fourth-order valence-electron chi connectivity index (χ4n) is 2.53. The minimum absolute atomic E-state index is 0.0232. The molecule has 0 radical (unpaired) electrons. The molecule has 1 aromatic carbocycles. The van der Waals surface area contributed by atoms with Crippen LogP contribution >= 0.6 is 0 Å². The number of hydrogen-bond donors (Lipinski definition) is 2. The van der Waals surface area contributed by atoms with Crippen molar-refractivity contribution in [1.29, 1.82) is 0 Å². The number of anilines is 1. The van der Waals surface area contributed by atoms with Crippen LogP contribution in [0.2, 0.25) is 0 Å². The van der Waals surface area contributed by atoms with Gasteiger partial charge in [-0.05, 0) is 48.4 Å². The van der Waals surface area contributed by atoms with Gasteiger partial charge in [0.05, 0.1) is 0 Å². The molecule has 3 nitrogen and oxygen atoms in total. The van der Waals surface area contributed by atoms with Crippen LogP contribution in [-0.4, -0.2) is 19.5 Å². The number of carbonyl (C=O) groups excluding carboxylic acids is 1. The molecule has 0 aliphatic heterocycles. The molecule has 0 bridgehead atoms. The maximum atomic E-state index is 12.1. The summed E-state index contributed by atoms with van der Waals surface area (Å²) in [5.74, 6) is 0.787. The van der Waals surface area contributed by atoms with Gasteiger partial charge in [-0.2, -0.15) is 0 Å². The van der Waals surface area contributed by atoms with Crippen molar-refractivity contribution in [1.82, 2.24) is 5.32 Å². The van der Waals surface area contributed by atoms with Crippen LogP contribution in [0, 0.1) is 11.3 Å². The van der Waals surface area contributed by atoms with E-state index in [1.807, 2.05) is 31.3 Å². The van der Waals surface area contributed by atoms with Crippen molar-refractivity contribution in [2.45, 2.75) is 33.1 Å². The summed E-state index contributed by atoms with van der Waals surface area (Å²) in [6, 6.07) is 7.56. The van der Waals surface area contributed by atoms with Crippen LogP contribution < -0.4 is 10.6 Å². The van der Waals surface area contributed by atoms with Gasteiger partial charge in [-0.25, -0.2) is 0 Å². The number of nitrogens with one attached hydrogen (secondary N) is 2. The van der Waals surface area contributed by atoms with Crippen LogP contribution in [0.4, 0.5) is 5.69 Å². The number of benzene rings is 1. The molecule has 104 valence electrons. The van der Waals surface area contributed by atoms with Gasteiger partial charge in [-0.15, -0.1) is 0 Å². The van der Waals surface area contributed by atoms with Crippen LogP contribution in [-0.2, 0) is 0 Å². The van der Waals surface area contributed by atoms with Gasteiger partial charge in [-0.1, -0.05) is 20.3 Å². The molecule has 0 atom stereocenters. The second-order valence-corrected chi connectivity index (χ2v) is 6.13. The van der Waals surface area contributed by atoms with Gasteiger partial charge in [0.25, 0.3) is 5.91 Å². The van der Waals surface area contributed by atoms with E-state index in [-0.39, 0.29) is 11.3 Å². The molecule has 2 N–H and O–H groups in total. The van der Waals surface area contributed by atoms with E-state index < -0.39 is 0 Å². The highest BCUT2D eigenvalue weighted by Crippen LogP contribution is 2.41. The highest BCUT2D eigenvalue weighted by Gasteiger charge is 2.33. The summed E-state index contributed by atoms with van der Waals surface area (Å²) in [6.07, 6.45) is 3.95. The van der Waals surface area contributed by atoms with Crippen LogP contribution in [0.1, 0.15) is 43.5 Å². The first kappa shape index (κ1) is 13.9. The third kappa shape index (κ3) is 3.28. The normalized spacial score (nSPS) is 15.7. The van der Waals surface area contributed by atoms with Gasteiger partial charge < -0.3 is 10.6 Å². The van der Waals surface area contributed by atoms with Crippen molar-refractivity contribution in [2.75, 3.05) is 18.9 Å². The average molecular weight is 260 g/mol. The predicted molar refractivity (Wildman–Crippen MR) is 79.4 cm³/mol. The molecule has 1 amide bonds. The molecule has 0 aromatic heterocycles. The molecular formula is C16H24N2O. The fourth-order valence-corrected chi connectivity index (χ4v) is 2.53. The number of carbonyl (C=O) groups is 1. The lowest BCUT2D eigenvalue weighted by Crippen LogP contribution is -2.41. The Labute approximate surface area is 115 Å². The summed E-state index contributed by atoms with van der Waals surface area (Å²) in [5.41, 5.74) is 1.95. The van der Waals surface area contributed by atoms with E-state index in [0.717, 1.165) is 23.7 Å². The molecule has 3 heteroatoms. The monoisotopic (exact) mass is 260 g/mol. The lowest BCUT2D eigenvalue weighted by Gasteiger charge is -2.40. The number of amides is 1. The lowest BCUT2D eigenvalue weighted by atomic mass is 9.67. The van der Waals surface area contributed by atoms with Crippen molar-refractivity contribution in [3.63, 3.8) is 0 Å². The van der Waals surface area contributed by atoms with Gasteiger partial charge in [0.15, 0.2) is 0 Å². The zero-order valence-electron chi connectivity index (χ0n) is 12.1. The molecule has 2 rings (SSSR count). The molecule has 1 aliphatic carbocycles. The lowest BCUT2D eigenvalue weighted by molar-refractivity contribution is 0.0858. The van der Waals surface area contributed by atoms with Gasteiger partial charge in [-0.3, -0.25) is 4.79 Å². The van der Waals surface area contributed by atoms with Crippen LogP contribution in [0.15, 0.2) is 24.3 Å². The fraction of sp³-hybridized carbons (Fsp3) is 0.562. The zero-order chi connectivity index (χ0) is 13.9. The van der Waals surface area contributed by atoms with E-state index >= 15 is 0 Å². The highest BCUT2D eigenvalue weighted by molar-refractivity contribution is 5.94. The second-order valence-electron chi connectivity index (χ2n) is 6.13. The summed E-state index contributed by atoms with van der Waals surface area (Å²) >= 11 is 0. The second kappa shape index (κ2) is 5.64. The number of hydrogen-bond acceptors (Lipinski definition) is 2. The smallest absolute Gasteiger partial charge is 0.251 e. The van der Waals surface area contributed by atoms with Crippen LogP contribution in [0.3, 0.4) is 0 Å². The molecule has 1 saturated carbocycles. The van der Waals surface area contributed by atoms with Crippen molar-refractivity contribution in [2.24, 2.45) is 11.3 Å². The molecule has 0 unspecified atom stereocenters. The standard InChI is InChI=1S/C16H24N2O/c1-16(2,13-5-4-6-13)11-18-15(19)12-7-9-14(17-3)10-8-12/h7-10,13,17H,4-6,11H2,1-3H3,(H,18,19). The summed E-state index contributed by atoms with van der Waals surface area (Å²) in [7, 11) is 1.87. The Balaban J connectivity index is 1.89. The molecular weight excluding hydrogens is 236 g/mol. The Bertz CT molecular complexity index is 433. The van der Waals surface area contributed by atoms with E-state index in [1.54, 1.807) is 0 Å². The molecule has 1 aliphatic rings. The largest absolute Gasteiger partial charge is 0.388 e. The van der Waals surface area contributed by atoms with Gasteiger partial charge >= 0.3 is 0 Å². The van der Waals surface area contributed by atoms with Gasteiger partial charge in [0.2, 0.25) is 0 Å². The Morgan fingerprint density at radius 1 is 1.26 bits per heavy atom. The first-order valence-electron chi connectivity index (χ1n) is 7.09. The van der Waals surface area contributed by atoms with Crippen LogP contribution in [0.25, 0.3) is 0 Å². The van der Waals surface area contributed by atoms with Crippen LogP contribution in [0.5, 0.6) is 0 Å². The summed E-state index contributed by atoms with van der Waals surface area (Å²) in [6.45, 7) is 5.26. The van der Waals surface area contributed by atoms with Gasteiger partial charge in [0, 0.05) is 24.8 Å². The topological polar surface area (TPSA) is 41.1 Å². The van der Waals surface area contributed by atoms with E-state index in [2.05, 4.69) is 24.5 Å². The Morgan fingerprint density at radius 2 is 1.89 bits per heavy atom. The van der Waals surface area contributed by atoms with Crippen molar-refractivity contribution >= 4 is 11.6 Å². The molecule has 1 aromatic rings. The van der Waals surface area contributed by atoms with Crippen molar-refractivity contribution < 1.29 is 4.79 Å². The maximum Gasteiger partial charge on any atom is 0.251 e. The first-order valence-corrected chi connectivity index (χ1v) is 7.09. The summed E-state index contributed by atoms with van der Waals surface area (Å²) in [4.78, 5) is 12.1. The minimum atomic E-state index is 0.0232. The molecule has 0 saturated heterocycles. The van der Waals surface area contributed by atoms with Gasteiger partial charge in [0.1, 0.15) is 0 Å². The molecule has 0 spiro atoms. The maximum absolute atomic E-state index is 12.1. The zero-order valence-corrected chi connectivity index (χ0v) is 12.1. The SMILES string of the molecule is CNc1ccc(C(=O)NCC(C)(C)C2CCC2)cc1. The highest BCUT2D eigenvalue weighted by atomic mass is 16.1. The van der Waals surface area contributed by atoms with Crippen molar-refractivity contribution in [3.05, 3.63) is 29.8 Å². The third-order valence-corrected chi connectivity index (χ3v) is 4.35. The first-order chi connectivity index (χ1) is 9.03. The number of rotatable bonds is 5. The molecule has 0 heterocycles. The van der Waals surface area contributed by atoms with E-state index in [0.29, 0.717) is 0 Å². The predicted octanol–water partition coefficient (Wildman–Crippen LogP) is 3.28. The summed E-state index contributed by atoms with van der Waals surface area (Å²) < 4.78 is 0. The Morgan fingerprint density at radius 3 is 2.37 bits per heavy atom. The van der Waals surface area contributed by atoms with E-state index in [1.165, 1.54) is 19.3 Å². The van der Waals surface area contributed by atoms with Crippen molar-refractivity contribution in [3.8, 4) is 0 Å². The average Bonchev–Trinajstić information content (AvgIpc) is 2.33. The van der Waals surface area contributed by atoms with E-state index in [4.69, 9.17) is 0 Å². The third-order valence-electron chi connectivity index (χ3n) is 4.35. The summed E-state index contributed by atoms with van der Waals surface area (Å²) in [5, 5.41) is 6.11. The van der Waals surface area contributed by atoms with E-state index in [9.17, 15) is 4.79 Å². The Kier molecular flexibility index (Phi) is 4.13. The minimum Gasteiger partial charge on any atom is -0.388 e. The molecule has 1 fully saturated rings. The molecule has 19 heavy (non-hydrogen) atoms. The quantitative estimate of drug-likeness (QED) is 0.853. The Hall–Kier alpha value is -1.51.